The molecule has 31 heavy (non-hydrogen) atoms. The van der Waals surface area contributed by atoms with Crippen molar-refractivity contribution in [3.05, 3.63) is 78.9 Å². The van der Waals surface area contributed by atoms with Gasteiger partial charge in [0.1, 0.15) is 17.5 Å². The highest BCUT2D eigenvalue weighted by molar-refractivity contribution is 5.96. The van der Waals surface area contributed by atoms with Crippen molar-refractivity contribution in [1.29, 1.82) is 0 Å². The molecule has 1 aliphatic rings. The molecule has 0 saturated carbocycles. The van der Waals surface area contributed by atoms with Gasteiger partial charge in [0.15, 0.2) is 0 Å². The second kappa shape index (κ2) is 10.00. The lowest BCUT2D eigenvalue weighted by Gasteiger charge is -2.29. The van der Waals surface area contributed by atoms with Gasteiger partial charge in [-0.2, -0.15) is 0 Å². The van der Waals surface area contributed by atoms with E-state index in [1.54, 1.807) is 0 Å². The van der Waals surface area contributed by atoms with Crippen molar-refractivity contribution in [3.63, 3.8) is 0 Å². The fourth-order valence-corrected chi connectivity index (χ4v) is 3.39. The Morgan fingerprint density at radius 2 is 1.48 bits per heavy atom. The second-order valence-corrected chi connectivity index (χ2v) is 7.44. The van der Waals surface area contributed by atoms with Crippen molar-refractivity contribution < 1.29 is 14.3 Å². The number of anilines is 3. The summed E-state index contributed by atoms with van der Waals surface area (Å²) in [5, 5.41) is 6.19. The number of amides is 1. The summed E-state index contributed by atoms with van der Waals surface area (Å²) in [5.41, 5.74) is 2.78. The number of benzene rings is 3. The normalized spacial score (nSPS) is 14.5. The highest BCUT2D eigenvalue weighted by Crippen LogP contribution is 2.23. The smallest absolute Gasteiger partial charge is 0.246 e. The van der Waals surface area contributed by atoms with Crippen molar-refractivity contribution >= 4 is 23.0 Å². The molecule has 6 heteroatoms. The molecule has 3 aromatic rings. The number of hydrogen-bond acceptors (Lipinski definition) is 5. The van der Waals surface area contributed by atoms with Gasteiger partial charge < -0.3 is 25.0 Å². The van der Waals surface area contributed by atoms with E-state index in [-0.39, 0.29) is 11.9 Å². The molecule has 160 valence electrons. The number of rotatable bonds is 7. The van der Waals surface area contributed by atoms with Gasteiger partial charge in [0.05, 0.1) is 13.2 Å². The topological polar surface area (TPSA) is 62.8 Å². The summed E-state index contributed by atoms with van der Waals surface area (Å²) in [6.07, 6.45) is 0. The maximum absolute atomic E-state index is 12.6. The number of morpholine rings is 1. The number of ether oxygens (including phenoxy) is 2. The standard InChI is InChI=1S/C25H27N3O3/c1-19(26-20-9-13-24(14-10-20)31-23-5-3-2-4-6-23)25(29)27-21-7-11-22(12-8-21)28-15-17-30-18-16-28/h2-14,19,26H,15-18H2,1H3,(H,27,29)/t19-/m1/s1. The molecule has 6 nitrogen and oxygen atoms in total. The lowest BCUT2D eigenvalue weighted by Crippen LogP contribution is -2.36. The minimum absolute atomic E-state index is 0.0938. The quantitative estimate of drug-likeness (QED) is 0.581. The predicted octanol–water partition coefficient (Wildman–Crippen LogP) is 4.75. The van der Waals surface area contributed by atoms with Gasteiger partial charge in [0.2, 0.25) is 5.91 Å². The molecule has 1 atom stereocenters. The zero-order valence-electron chi connectivity index (χ0n) is 17.6. The minimum Gasteiger partial charge on any atom is -0.457 e. The van der Waals surface area contributed by atoms with Gasteiger partial charge in [-0.15, -0.1) is 0 Å². The number of carbonyl (C=O) groups excluding carboxylic acids is 1. The molecule has 3 aromatic carbocycles. The van der Waals surface area contributed by atoms with E-state index in [0.29, 0.717) is 0 Å². The first kappa shape index (κ1) is 20.8. The summed E-state index contributed by atoms with van der Waals surface area (Å²) >= 11 is 0. The summed E-state index contributed by atoms with van der Waals surface area (Å²) in [6, 6.07) is 24.7. The summed E-state index contributed by atoms with van der Waals surface area (Å²) in [5.74, 6) is 1.44. The van der Waals surface area contributed by atoms with Crippen molar-refractivity contribution in [2.45, 2.75) is 13.0 Å². The number of para-hydroxylation sites is 1. The first-order valence-electron chi connectivity index (χ1n) is 10.5. The summed E-state index contributed by atoms with van der Waals surface area (Å²) < 4.78 is 11.2. The maximum atomic E-state index is 12.6. The van der Waals surface area contributed by atoms with Crippen molar-refractivity contribution in [2.24, 2.45) is 0 Å². The second-order valence-electron chi connectivity index (χ2n) is 7.44. The first-order valence-corrected chi connectivity index (χ1v) is 10.5. The average molecular weight is 418 g/mol. The van der Waals surface area contributed by atoms with Crippen LogP contribution < -0.4 is 20.3 Å². The Morgan fingerprint density at radius 3 is 2.16 bits per heavy atom. The van der Waals surface area contributed by atoms with Crippen LogP contribution >= 0.6 is 0 Å². The molecule has 0 spiro atoms. The molecule has 1 aliphatic heterocycles. The van der Waals surface area contributed by atoms with Crippen LogP contribution in [0.2, 0.25) is 0 Å². The number of hydrogen-bond donors (Lipinski definition) is 2. The fourth-order valence-electron chi connectivity index (χ4n) is 3.39. The largest absolute Gasteiger partial charge is 0.457 e. The predicted molar refractivity (Wildman–Crippen MR) is 124 cm³/mol. The monoisotopic (exact) mass is 417 g/mol. The Hall–Kier alpha value is -3.51. The Labute approximate surface area is 182 Å². The Kier molecular flexibility index (Phi) is 6.69. The molecule has 2 N–H and O–H groups in total. The molecular formula is C25H27N3O3. The van der Waals surface area contributed by atoms with Gasteiger partial charge in [0.25, 0.3) is 0 Å². The fraction of sp³-hybridized carbons (Fsp3) is 0.240. The first-order chi connectivity index (χ1) is 15.2. The highest BCUT2D eigenvalue weighted by atomic mass is 16.5. The van der Waals surface area contributed by atoms with Crippen LogP contribution in [0, 0.1) is 0 Å². The number of nitrogens with zero attached hydrogens (tertiary/aromatic N) is 1. The van der Waals surface area contributed by atoms with Crippen LogP contribution in [0.5, 0.6) is 11.5 Å². The van der Waals surface area contributed by atoms with Crippen LogP contribution in [0.1, 0.15) is 6.92 Å². The van der Waals surface area contributed by atoms with Crippen molar-refractivity contribution in [2.75, 3.05) is 41.8 Å². The molecule has 0 aromatic heterocycles. The molecule has 1 saturated heterocycles. The zero-order valence-corrected chi connectivity index (χ0v) is 17.6. The minimum atomic E-state index is -0.389. The summed E-state index contributed by atoms with van der Waals surface area (Å²) in [6.45, 7) is 5.12. The van der Waals surface area contributed by atoms with E-state index in [1.165, 1.54) is 0 Å². The number of nitrogens with one attached hydrogen (secondary N) is 2. The van der Waals surface area contributed by atoms with Gasteiger partial charge in [-0.25, -0.2) is 0 Å². The average Bonchev–Trinajstić information content (AvgIpc) is 2.82. The zero-order chi connectivity index (χ0) is 21.5. The molecule has 0 bridgehead atoms. The van der Waals surface area contributed by atoms with Gasteiger partial charge in [-0.1, -0.05) is 18.2 Å². The van der Waals surface area contributed by atoms with E-state index in [9.17, 15) is 4.79 Å². The molecule has 1 fully saturated rings. The Bertz CT molecular complexity index is 969. The summed E-state index contributed by atoms with van der Waals surface area (Å²) in [4.78, 5) is 14.9. The molecular weight excluding hydrogens is 390 g/mol. The van der Waals surface area contributed by atoms with E-state index in [4.69, 9.17) is 9.47 Å². The van der Waals surface area contributed by atoms with Gasteiger partial charge in [-0.3, -0.25) is 4.79 Å². The van der Waals surface area contributed by atoms with Gasteiger partial charge >= 0.3 is 0 Å². The third kappa shape index (κ3) is 5.77. The van der Waals surface area contributed by atoms with E-state index in [1.807, 2.05) is 85.8 Å². The SMILES string of the molecule is C[C@@H](Nc1ccc(Oc2ccccc2)cc1)C(=O)Nc1ccc(N2CCOCC2)cc1. The highest BCUT2D eigenvalue weighted by Gasteiger charge is 2.14. The Balaban J connectivity index is 1.29. The van der Waals surface area contributed by atoms with Gasteiger partial charge in [0, 0.05) is 30.2 Å². The van der Waals surface area contributed by atoms with Crippen LogP contribution in [0.3, 0.4) is 0 Å². The molecule has 0 aliphatic carbocycles. The third-order valence-electron chi connectivity index (χ3n) is 5.12. The molecule has 1 amide bonds. The van der Waals surface area contributed by atoms with Crippen LogP contribution in [-0.2, 0) is 9.53 Å². The van der Waals surface area contributed by atoms with Crippen LogP contribution in [0.15, 0.2) is 78.9 Å². The molecule has 1 heterocycles. The van der Waals surface area contributed by atoms with Crippen LogP contribution in [-0.4, -0.2) is 38.3 Å². The lowest BCUT2D eigenvalue weighted by atomic mass is 10.2. The third-order valence-corrected chi connectivity index (χ3v) is 5.12. The summed E-state index contributed by atoms with van der Waals surface area (Å²) in [7, 11) is 0. The van der Waals surface area contributed by atoms with Gasteiger partial charge in [-0.05, 0) is 67.6 Å². The number of carbonyl (C=O) groups is 1. The van der Waals surface area contributed by atoms with Crippen LogP contribution in [0.4, 0.5) is 17.1 Å². The van der Waals surface area contributed by atoms with Crippen molar-refractivity contribution in [1.82, 2.24) is 0 Å². The van der Waals surface area contributed by atoms with E-state index >= 15 is 0 Å². The van der Waals surface area contributed by atoms with Crippen LogP contribution in [0.25, 0.3) is 0 Å². The van der Waals surface area contributed by atoms with E-state index < -0.39 is 0 Å². The maximum Gasteiger partial charge on any atom is 0.246 e. The Morgan fingerprint density at radius 1 is 0.871 bits per heavy atom. The van der Waals surface area contributed by atoms with Crippen molar-refractivity contribution in [3.8, 4) is 11.5 Å². The molecule has 4 rings (SSSR count). The molecule has 0 radical (unpaired) electrons. The van der Waals surface area contributed by atoms with E-state index in [0.717, 1.165) is 54.9 Å². The van der Waals surface area contributed by atoms with E-state index in [2.05, 4.69) is 15.5 Å². The molecule has 0 unspecified atom stereocenters. The lowest BCUT2D eigenvalue weighted by molar-refractivity contribution is -0.116.